The number of nitrogens with one attached hydrogen (secondary N) is 2. The van der Waals surface area contributed by atoms with Crippen molar-refractivity contribution < 1.29 is 9.18 Å². The fourth-order valence-electron chi connectivity index (χ4n) is 3.47. The molecule has 0 spiro atoms. The second kappa shape index (κ2) is 12.5. The third kappa shape index (κ3) is 6.97. The molecule has 7 heteroatoms. The van der Waals surface area contributed by atoms with Gasteiger partial charge in [-0.1, -0.05) is 30.3 Å². The number of hydrogen-bond acceptors (Lipinski definition) is 2. The lowest BCUT2D eigenvalue weighted by molar-refractivity contribution is 0.0724. The molecule has 2 aromatic rings. The summed E-state index contributed by atoms with van der Waals surface area (Å²) in [6.45, 7) is 2.90. The van der Waals surface area contributed by atoms with Crippen LogP contribution in [0.15, 0.2) is 53.5 Å². The fourth-order valence-corrected chi connectivity index (χ4v) is 3.47. The van der Waals surface area contributed by atoms with Crippen LogP contribution in [-0.2, 0) is 13.0 Å². The van der Waals surface area contributed by atoms with Crippen molar-refractivity contribution in [1.29, 1.82) is 0 Å². The number of hydrogen-bond donors (Lipinski definition) is 2. The molecule has 1 aliphatic rings. The van der Waals surface area contributed by atoms with E-state index in [1.165, 1.54) is 12.5 Å². The van der Waals surface area contributed by atoms with Gasteiger partial charge >= 0.3 is 0 Å². The molecule has 0 radical (unpaired) electrons. The Bertz CT molecular complexity index is 835. The van der Waals surface area contributed by atoms with Crippen molar-refractivity contribution >= 4 is 35.8 Å². The Labute approximate surface area is 195 Å². The molecule has 30 heavy (non-hydrogen) atoms. The summed E-state index contributed by atoms with van der Waals surface area (Å²) >= 11 is 0. The third-order valence-corrected chi connectivity index (χ3v) is 5.17. The number of guanidine groups is 1. The molecule has 1 saturated heterocycles. The molecule has 2 aromatic carbocycles. The van der Waals surface area contributed by atoms with Crippen LogP contribution in [0.4, 0.5) is 4.39 Å². The van der Waals surface area contributed by atoms with E-state index in [0.29, 0.717) is 31.0 Å². The van der Waals surface area contributed by atoms with Gasteiger partial charge in [-0.05, 0) is 55.0 Å². The van der Waals surface area contributed by atoms with Gasteiger partial charge in [0.15, 0.2) is 5.96 Å². The number of carbonyl (C=O) groups is 1. The van der Waals surface area contributed by atoms with Gasteiger partial charge in [-0.3, -0.25) is 9.79 Å². The summed E-state index contributed by atoms with van der Waals surface area (Å²) in [5, 5.41) is 6.45. The number of rotatable bonds is 6. The van der Waals surface area contributed by atoms with Crippen molar-refractivity contribution in [1.82, 2.24) is 15.5 Å². The number of likely N-dealkylation sites (tertiary alicyclic amines) is 1. The molecule has 0 unspecified atom stereocenters. The minimum Gasteiger partial charge on any atom is -0.356 e. The number of nitrogens with zero attached hydrogens (tertiary/aromatic N) is 2. The van der Waals surface area contributed by atoms with Crippen LogP contribution in [0.25, 0.3) is 0 Å². The Hall–Kier alpha value is -2.16. The molecule has 1 aliphatic heterocycles. The monoisotopic (exact) mass is 524 g/mol. The van der Waals surface area contributed by atoms with E-state index < -0.39 is 0 Å². The van der Waals surface area contributed by atoms with E-state index in [2.05, 4.69) is 15.6 Å². The first-order valence-electron chi connectivity index (χ1n) is 10.2. The Morgan fingerprint density at radius 3 is 2.40 bits per heavy atom. The van der Waals surface area contributed by atoms with Crippen LogP contribution < -0.4 is 10.6 Å². The highest BCUT2D eigenvalue weighted by atomic mass is 127. The summed E-state index contributed by atoms with van der Waals surface area (Å²) in [5.41, 5.74) is 2.49. The number of aliphatic imine (C=N–C) groups is 1. The first kappa shape index (κ1) is 24.1. The number of amides is 1. The largest absolute Gasteiger partial charge is 0.356 e. The van der Waals surface area contributed by atoms with Crippen LogP contribution in [0.1, 0.15) is 40.7 Å². The van der Waals surface area contributed by atoms with E-state index in [0.717, 1.165) is 37.1 Å². The average Bonchev–Trinajstić information content (AvgIpc) is 2.78. The van der Waals surface area contributed by atoms with Gasteiger partial charge < -0.3 is 15.5 Å². The highest BCUT2D eigenvalue weighted by molar-refractivity contribution is 14.0. The van der Waals surface area contributed by atoms with E-state index >= 15 is 0 Å². The van der Waals surface area contributed by atoms with Gasteiger partial charge in [0.05, 0.1) is 0 Å². The summed E-state index contributed by atoms with van der Waals surface area (Å²) < 4.78 is 13.7. The van der Waals surface area contributed by atoms with Gasteiger partial charge in [0.1, 0.15) is 5.82 Å². The molecule has 3 rings (SSSR count). The maximum atomic E-state index is 13.7. The Kier molecular flexibility index (Phi) is 10.1. The van der Waals surface area contributed by atoms with Crippen molar-refractivity contribution in [2.75, 3.05) is 26.7 Å². The van der Waals surface area contributed by atoms with E-state index in [1.54, 1.807) is 19.2 Å². The first-order chi connectivity index (χ1) is 14.2. The Morgan fingerprint density at radius 2 is 1.73 bits per heavy atom. The quantitative estimate of drug-likeness (QED) is 0.342. The second-order valence-electron chi connectivity index (χ2n) is 7.24. The lowest BCUT2D eigenvalue weighted by Crippen LogP contribution is -2.38. The van der Waals surface area contributed by atoms with Gasteiger partial charge in [-0.2, -0.15) is 0 Å². The predicted molar refractivity (Wildman–Crippen MR) is 130 cm³/mol. The standard InChI is InChI=1S/C23H29FN4O.HI/c1-25-23(26-14-13-19-7-3-4-8-21(19)24)27-17-18-9-11-20(12-10-18)22(29)28-15-5-2-6-16-28;/h3-4,7-12H,2,5-6,13-17H2,1H3,(H2,25,26,27);1H. The van der Waals surface area contributed by atoms with E-state index in [-0.39, 0.29) is 35.7 Å². The minimum absolute atomic E-state index is 0. The number of benzene rings is 2. The molecule has 0 aliphatic carbocycles. The smallest absolute Gasteiger partial charge is 0.253 e. The summed E-state index contributed by atoms with van der Waals surface area (Å²) in [4.78, 5) is 18.7. The summed E-state index contributed by atoms with van der Waals surface area (Å²) in [6, 6.07) is 14.5. The van der Waals surface area contributed by atoms with Crippen LogP contribution in [0.3, 0.4) is 0 Å². The molecule has 1 amide bonds. The maximum Gasteiger partial charge on any atom is 0.253 e. The van der Waals surface area contributed by atoms with Crippen molar-refractivity contribution in [2.24, 2.45) is 4.99 Å². The van der Waals surface area contributed by atoms with Crippen LogP contribution in [-0.4, -0.2) is 43.4 Å². The predicted octanol–water partition coefficient (Wildman–Crippen LogP) is 3.98. The normalized spacial score (nSPS) is 14.1. The Balaban J connectivity index is 0.00000320. The number of halogens is 2. The maximum absolute atomic E-state index is 13.7. The van der Waals surface area contributed by atoms with Crippen LogP contribution in [0.5, 0.6) is 0 Å². The van der Waals surface area contributed by atoms with Crippen molar-refractivity contribution in [3.8, 4) is 0 Å². The molecule has 0 atom stereocenters. The summed E-state index contributed by atoms with van der Waals surface area (Å²) in [6.07, 6.45) is 3.98. The molecule has 0 bridgehead atoms. The molecule has 2 N–H and O–H groups in total. The van der Waals surface area contributed by atoms with E-state index in [1.807, 2.05) is 35.2 Å². The minimum atomic E-state index is -0.184. The first-order valence-corrected chi connectivity index (χ1v) is 10.2. The second-order valence-corrected chi connectivity index (χ2v) is 7.24. The van der Waals surface area contributed by atoms with E-state index in [9.17, 15) is 9.18 Å². The zero-order chi connectivity index (χ0) is 20.5. The van der Waals surface area contributed by atoms with Gasteiger partial charge in [0.2, 0.25) is 0 Å². The number of carbonyl (C=O) groups excluding carboxylic acids is 1. The van der Waals surface area contributed by atoms with Crippen LogP contribution >= 0.6 is 24.0 Å². The molecule has 0 aromatic heterocycles. The van der Waals surface area contributed by atoms with Crippen LogP contribution in [0, 0.1) is 5.82 Å². The molecule has 162 valence electrons. The van der Waals surface area contributed by atoms with Gasteiger partial charge in [0.25, 0.3) is 5.91 Å². The highest BCUT2D eigenvalue weighted by Gasteiger charge is 2.17. The van der Waals surface area contributed by atoms with Gasteiger partial charge in [-0.15, -0.1) is 24.0 Å². The molecule has 1 heterocycles. The highest BCUT2D eigenvalue weighted by Crippen LogP contribution is 2.14. The zero-order valence-corrected chi connectivity index (χ0v) is 19.7. The lowest BCUT2D eigenvalue weighted by Gasteiger charge is -2.26. The van der Waals surface area contributed by atoms with Crippen molar-refractivity contribution in [3.63, 3.8) is 0 Å². The third-order valence-electron chi connectivity index (χ3n) is 5.17. The molecule has 1 fully saturated rings. The van der Waals surface area contributed by atoms with Gasteiger partial charge in [0, 0.05) is 38.8 Å². The average molecular weight is 524 g/mol. The number of piperidine rings is 1. The van der Waals surface area contributed by atoms with E-state index in [4.69, 9.17) is 0 Å². The zero-order valence-electron chi connectivity index (χ0n) is 17.4. The van der Waals surface area contributed by atoms with Crippen molar-refractivity contribution in [3.05, 3.63) is 71.0 Å². The molecular formula is C23H30FIN4O. The summed E-state index contributed by atoms with van der Waals surface area (Å²) in [5.74, 6) is 0.598. The van der Waals surface area contributed by atoms with Crippen molar-refractivity contribution in [2.45, 2.75) is 32.2 Å². The lowest BCUT2D eigenvalue weighted by atomic mass is 10.1. The Morgan fingerprint density at radius 1 is 1.03 bits per heavy atom. The molecule has 5 nitrogen and oxygen atoms in total. The topological polar surface area (TPSA) is 56.7 Å². The fraction of sp³-hybridized carbons (Fsp3) is 0.391. The SMILES string of the molecule is CN=C(NCCc1ccccc1F)NCc1ccc(C(=O)N2CCCCC2)cc1.I. The molecular weight excluding hydrogens is 494 g/mol. The summed E-state index contributed by atoms with van der Waals surface area (Å²) in [7, 11) is 1.71. The van der Waals surface area contributed by atoms with Crippen LogP contribution in [0.2, 0.25) is 0 Å². The van der Waals surface area contributed by atoms with Gasteiger partial charge in [-0.25, -0.2) is 4.39 Å². The molecule has 0 saturated carbocycles.